The van der Waals surface area contributed by atoms with Crippen LogP contribution in [0.3, 0.4) is 0 Å². The summed E-state index contributed by atoms with van der Waals surface area (Å²) in [6.45, 7) is 0. The van der Waals surface area contributed by atoms with Gasteiger partial charge in [-0.3, -0.25) is 4.79 Å². The fourth-order valence-corrected chi connectivity index (χ4v) is 3.11. The van der Waals surface area contributed by atoms with Crippen molar-refractivity contribution in [1.29, 1.82) is 0 Å². The van der Waals surface area contributed by atoms with Gasteiger partial charge in [0.15, 0.2) is 5.78 Å². The number of para-hydroxylation sites is 1. The first-order chi connectivity index (χ1) is 11.2. The Hall–Kier alpha value is -1.99. The largest absolute Gasteiger partial charge is 0.294 e. The molecule has 0 saturated heterocycles. The number of halogens is 1. The molecule has 0 radical (unpaired) electrons. The zero-order valence-corrected chi connectivity index (χ0v) is 14.5. The zero-order chi connectivity index (χ0) is 16.1. The first-order valence-corrected chi connectivity index (χ1v) is 8.77. The van der Waals surface area contributed by atoms with Gasteiger partial charge in [0.25, 0.3) is 0 Å². The van der Waals surface area contributed by atoms with Crippen LogP contribution in [0, 0.1) is 0 Å². The number of ketones is 1. The van der Waals surface area contributed by atoms with Gasteiger partial charge < -0.3 is 0 Å². The van der Waals surface area contributed by atoms with Crippen LogP contribution in [0.25, 0.3) is 5.69 Å². The van der Waals surface area contributed by atoms with Crippen LogP contribution < -0.4 is 0 Å². The lowest BCUT2D eigenvalue weighted by Gasteiger charge is -2.04. The molecule has 1 aromatic heterocycles. The van der Waals surface area contributed by atoms with Gasteiger partial charge in [0.1, 0.15) is 0 Å². The summed E-state index contributed by atoms with van der Waals surface area (Å²) in [7, 11) is 0. The van der Waals surface area contributed by atoms with Crippen LogP contribution in [0.15, 0.2) is 64.2 Å². The van der Waals surface area contributed by atoms with Gasteiger partial charge in [-0.25, -0.2) is 0 Å². The zero-order valence-electron chi connectivity index (χ0n) is 12.1. The fraction of sp³-hybridized carbons (Fsp3) is 0.125. The Labute approximate surface area is 146 Å². The molecule has 0 spiro atoms. The van der Waals surface area contributed by atoms with Crippen LogP contribution in [0.5, 0.6) is 0 Å². The average molecular weight is 389 g/mol. The molecule has 0 fully saturated rings. The normalized spacial score (nSPS) is 10.7. The van der Waals surface area contributed by atoms with Gasteiger partial charge in [0, 0.05) is 22.2 Å². The minimum absolute atomic E-state index is 0.115. The lowest BCUT2D eigenvalue weighted by Crippen LogP contribution is -2.02. The van der Waals surface area contributed by atoms with Crippen molar-refractivity contribution in [1.82, 2.24) is 20.2 Å². The molecule has 0 unspecified atom stereocenters. The molecule has 3 aromatic rings. The minimum Gasteiger partial charge on any atom is -0.294 e. The molecule has 116 valence electrons. The van der Waals surface area contributed by atoms with Gasteiger partial charge in [0.05, 0.1) is 5.69 Å². The van der Waals surface area contributed by atoms with Crippen LogP contribution in [0.1, 0.15) is 16.8 Å². The van der Waals surface area contributed by atoms with Crippen LogP contribution in [0.4, 0.5) is 0 Å². The molecule has 23 heavy (non-hydrogen) atoms. The highest BCUT2D eigenvalue weighted by Gasteiger charge is 2.11. The van der Waals surface area contributed by atoms with Crippen molar-refractivity contribution in [3.8, 4) is 5.69 Å². The van der Waals surface area contributed by atoms with Crippen LogP contribution in [0.2, 0.25) is 0 Å². The van der Waals surface area contributed by atoms with E-state index in [1.165, 1.54) is 11.8 Å². The summed E-state index contributed by atoms with van der Waals surface area (Å²) < 4.78 is 2.64. The number of hydrogen-bond acceptors (Lipinski definition) is 5. The van der Waals surface area contributed by atoms with E-state index in [-0.39, 0.29) is 5.78 Å². The predicted octanol–water partition coefficient (Wildman–Crippen LogP) is 3.79. The van der Waals surface area contributed by atoms with E-state index >= 15 is 0 Å². The highest BCUT2D eigenvalue weighted by Crippen LogP contribution is 2.20. The highest BCUT2D eigenvalue weighted by atomic mass is 79.9. The number of benzene rings is 2. The molecule has 0 aliphatic rings. The highest BCUT2D eigenvalue weighted by molar-refractivity contribution is 9.10. The summed E-state index contributed by atoms with van der Waals surface area (Å²) in [6, 6.07) is 17.1. The Bertz CT molecular complexity index is 789. The summed E-state index contributed by atoms with van der Waals surface area (Å²) >= 11 is 4.83. The van der Waals surface area contributed by atoms with Crippen molar-refractivity contribution in [2.24, 2.45) is 0 Å². The smallest absolute Gasteiger partial charge is 0.214 e. The topological polar surface area (TPSA) is 60.7 Å². The van der Waals surface area contributed by atoms with Gasteiger partial charge >= 0.3 is 0 Å². The lowest BCUT2D eigenvalue weighted by molar-refractivity contribution is 0.0989. The van der Waals surface area contributed by atoms with Gasteiger partial charge in [-0.1, -0.05) is 58.0 Å². The maximum Gasteiger partial charge on any atom is 0.214 e. The van der Waals surface area contributed by atoms with E-state index in [9.17, 15) is 4.79 Å². The van der Waals surface area contributed by atoms with E-state index in [4.69, 9.17) is 0 Å². The molecule has 7 heteroatoms. The molecule has 0 saturated carbocycles. The first kappa shape index (κ1) is 15.9. The third-order valence-electron chi connectivity index (χ3n) is 3.17. The maximum atomic E-state index is 12.2. The van der Waals surface area contributed by atoms with Crippen molar-refractivity contribution >= 4 is 33.5 Å². The second kappa shape index (κ2) is 7.52. The van der Waals surface area contributed by atoms with Gasteiger partial charge in [0.2, 0.25) is 5.16 Å². The molecule has 3 rings (SSSR count). The Balaban J connectivity index is 1.60. The summed E-state index contributed by atoms with van der Waals surface area (Å²) in [5.41, 5.74) is 1.62. The Kier molecular flexibility index (Phi) is 5.19. The number of aromatic nitrogens is 4. The standard InChI is InChI=1S/C16H13BrN4OS/c17-13-8-6-12(7-9-13)15(22)10-11-23-16-18-19-20-21(16)14-4-2-1-3-5-14/h1-9H,10-11H2. The molecule has 2 aromatic carbocycles. The molecule has 0 bridgehead atoms. The summed E-state index contributed by atoms with van der Waals surface area (Å²) in [5, 5.41) is 12.4. The van der Waals surface area contributed by atoms with E-state index in [0.717, 1.165) is 15.7 Å². The van der Waals surface area contributed by atoms with Crippen molar-refractivity contribution in [2.75, 3.05) is 5.75 Å². The van der Waals surface area contributed by atoms with Crippen molar-refractivity contribution in [3.05, 3.63) is 64.6 Å². The van der Waals surface area contributed by atoms with Gasteiger partial charge in [-0.2, -0.15) is 4.68 Å². The van der Waals surface area contributed by atoms with Crippen LogP contribution >= 0.6 is 27.7 Å². The van der Waals surface area contributed by atoms with E-state index in [2.05, 4.69) is 31.5 Å². The first-order valence-electron chi connectivity index (χ1n) is 6.99. The number of thioether (sulfide) groups is 1. The molecule has 5 nitrogen and oxygen atoms in total. The fourth-order valence-electron chi connectivity index (χ4n) is 2.02. The van der Waals surface area contributed by atoms with Crippen molar-refractivity contribution in [2.45, 2.75) is 11.6 Å². The lowest BCUT2D eigenvalue weighted by atomic mass is 10.1. The molecule has 1 heterocycles. The van der Waals surface area contributed by atoms with Crippen molar-refractivity contribution in [3.63, 3.8) is 0 Å². The molecule has 0 aliphatic heterocycles. The molecule has 0 amide bonds. The molecule has 0 atom stereocenters. The van der Waals surface area contributed by atoms with E-state index in [0.29, 0.717) is 17.3 Å². The summed E-state index contributed by atoms with van der Waals surface area (Å²) in [4.78, 5) is 12.2. The molecule has 0 N–H and O–H groups in total. The molecular weight excluding hydrogens is 376 g/mol. The SMILES string of the molecule is O=C(CCSc1nnnn1-c1ccccc1)c1ccc(Br)cc1. The number of nitrogens with zero attached hydrogens (tertiary/aromatic N) is 4. The Morgan fingerprint density at radius 2 is 1.83 bits per heavy atom. The van der Waals surface area contributed by atoms with E-state index < -0.39 is 0 Å². The second-order valence-corrected chi connectivity index (χ2v) is 6.72. The van der Waals surface area contributed by atoms with Gasteiger partial charge in [-0.15, -0.1) is 5.10 Å². The van der Waals surface area contributed by atoms with Gasteiger partial charge in [-0.05, 0) is 34.7 Å². The predicted molar refractivity (Wildman–Crippen MR) is 93.0 cm³/mol. The number of tetrazole rings is 1. The second-order valence-electron chi connectivity index (χ2n) is 4.74. The van der Waals surface area contributed by atoms with E-state index in [1.54, 1.807) is 4.68 Å². The number of carbonyl (C=O) groups is 1. The van der Waals surface area contributed by atoms with Crippen LogP contribution in [-0.4, -0.2) is 31.7 Å². The Morgan fingerprint density at radius 3 is 2.57 bits per heavy atom. The van der Waals surface area contributed by atoms with Crippen molar-refractivity contribution < 1.29 is 4.79 Å². The minimum atomic E-state index is 0.115. The maximum absolute atomic E-state index is 12.2. The average Bonchev–Trinajstić information content (AvgIpc) is 3.05. The summed E-state index contributed by atoms with van der Waals surface area (Å²) in [5.74, 6) is 0.742. The van der Waals surface area contributed by atoms with Crippen LogP contribution in [-0.2, 0) is 0 Å². The quantitative estimate of drug-likeness (QED) is 0.474. The number of rotatable bonds is 6. The Morgan fingerprint density at radius 1 is 1.09 bits per heavy atom. The third kappa shape index (κ3) is 4.05. The monoisotopic (exact) mass is 388 g/mol. The van der Waals surface area contributed by atoms with E-state index in [1.807, 2.05) is 54.6 Å². The number of carbonyl (C=O) groups excluding carboxylic acids is 1. The molecular formula is C16H13BrN4OS. The summed E-state index contributed by atoms with van der Waals surface area (Å²) in [6.07, 6.45) is 0.438. The number of Topliss-reactive ketones (excluding diaryl/α,β-unsaturated/α-hetero) is 1. The number of hydrogen-bond donors (Lipinski definition) is 0. The third-order valence-corrected chi connectivity index (χ3v) is 4.62. The molecule has 0 aliphatic carbocycles.